The molecule has 0 bridgehead atoms. The van der Waals surface area contributed by atoms with Crippen LogP contribution in [0.1, 0.15) is 38.3 Å². The smallest absolute Gasteiger partial charge is 0.226 e. The third-order valence-electron chi connectivity index (χ3n) is 3.85. The van der Waals surface area contributed by atoms with Gasteiger partial charge in [0.05, 0.1) is 24.3 Å². The average Bonchev–Trinajstić information content (AvgIpc) is 2.78. The quantitative estimate of drug-likeness (QED) is 0.777. The van der Waals surface area contributed by atoms with Gasteiger partial charge in [-0.1, -0.05) is 6.92 Å². The Morgan fingerprint density at radius 1 is 1.63 bits per heavy atom. The van der Waals surface area contributed by atoms with Crippen molar-refractivity contribution in [1.82, 2.24) is 10.3 Å². The maximum atomic E-state index is 12.0. The molecule has 0 saturated heterocycles. The molecule has 0 aromatic carbocycles. The van der Waals surface area contributed by atoms with E-state index in [0.717, 1.165) is 25.7 Å². The molecule has 2 rings (SSSR count). The lowest BCUT2D eigenvalue weighted by atomic mass is 9.77. The van der Waals surface area contributed by atoms with Crippen molar-refractivity contribution in [2.75, 3.05) is 12.3 Å². The monoisotopic (exact) mass is 283 g/mol. The van der Waals surface area contributed by atoms with Crippen LogP contribution in [-0.4, -0.2) is 28.1 Å². The number of anilines is 1. The van der Waals surface area contributed by atoms with Crippen molar-refractivity contribution >= 4 is 22.4 Å². The summed E-state index contributed by atoms with van der Waals surface area (Å²) in [5.74, 6) is 0.587. The van der Waals surface area contributed by atoms with Gasteiger partial charge in [-0.05, 0) is 31.6 Å². The fourth-order valence-electron chi connectivity index (χ4n) is 2.55. The number of hydrogen-bond donors (Lipinski definition) is 3. The minimum absolute atomic E-state index is 0.00463. The highest BCUT2D eigenvalue weighted by Crippen LogP contribution is 2.31. The molecule has 1 amide bonds. The molecule has 0 unspecified atom stereocenters. The summed E-state index contributed by atoms with van der Waals surface area (Å²) in [6, 6.07) is 0. The largest absolute Gasteiger partial charge is 0.394 e. The topological polar surface area (TPSA) is 88.2 Å². The first-order valence-corrected chi connectivity index (χ1v) is 7.53. The van der Waals surface area contributed by atoms with Crippen LogP contribution < -0.4 is 11.1 Å². The number of carbonyl (C=O) groups excluding carboxylic acids is 1. The first-order chi connectivity index (χ1) is 9.03. The van der Waals surface area contributed by atoms with E-state index in [9.17, 15) is 9.90 Å². The van der Waals surface area contributed by atoms with E-state index < -0.39 is 5.54 Å². The number of nitrogen functional groups attached to an aromatic ring is 1. The minimum Gasteiger partial charge on any atom is -0.394 e. The molecule has 1 aromatic heterocycles. The van der Waals surface area contributed by atoms with E-state index in [-0.39, 0.29) is 18.9 Å². The maximum absolute atomic E-state index is 12.0. The number of rotatable bonds is 4. The molecule has 1 aliphatic rings. The molecular weight excluding hydrogens is 262 g/mol. The second-order valence-corrected chi connectivity index (χ2v) is 6.41. The summed E-state index contributed by atoms with van der Waals surface area (Å²) in [5.41, 5.74) is 5.79. The molecule has 1 fully saturated rings. The van der Waals surface area contributed by atoms with Crippen molar-refractivity contribution < 1.29 is 9.90 Å². The SMILES string of the molecule is CC1CCC(CO)(NC(=O)Cc2csc(N)n2)CC1. The Bertz CT molecular complexity index is 439. The van der Waals surface area contributed by atoms with Crippen LogP contribution in [0.3, 0.4) is 0 Å². The number of nitrogens with one attached hydrogen (secondary N) is 1. The molecule has 106 valence electrons. The second-order valence-electron chi connectivity index (χ2n) is 5.52. The predicted molar refractivity (Wildman–Crippen MR) is 75.8 cm³/mol. The van der Waals surface area contributed by atoms with Crippen LogP contribution in [0.25, 0.3) is 0 Å². The van der Waals surface area contributed by atoms with E-state index in [1.807, 2.05) is 0 Å². The lowest BCUT2D eigenvalue weighted by molar-refractivity contribution is -0.123. The number of aliphatic hydroxyl groups is 1. The minimum atomic E-state index is -0.439. The predicted octanol–water partition coefficient (Wildman–Crippen LogP) is 1.33. The first-order valence-electron chi connectivity index (χ1n) is 6.65. The standard InChI is InChI=1S/C13H21N3O2S/c1-9-2-4-13(8-17,5-3-9)16-11(18)6-10-7-19-12(14)15-10/h7,9,17H,2-6,8H2,1H3,(H2,14,15)(H,16,18). The molecule has 1 saturated carbocycles. The molecule has 6 heteroatoms. The zero-order valence-corrected chi connectivity index (χ0v) is 12.0. The number of hydrogen-bond acceptors (Lipinski definition) is 5. The Morgan fingerprint density at radius 2 is 2.32 bits per heavy atom. The number of nitrogens with zero attached hydrogens (tertiary/aromatic N) is 1. The van der Waals surface area contributed by atoms with Gasteiger partial charge in [-0.15, -0.1) is 11.3 Å². The number of amides is 1. The summed E-state index contributed by atoms with van der Waals surface area (Å²) in [7, 11) is 0. The third-order valence-corrected chi connectivity index (χ3v) is 4.57. The highest BCUT2D eigenvalue weighted by atomic mass is 32.1. The highest BCUT2D eigenvalue weighted by molar-refractivity contribution is 7.13. The zero-order chi connectivity index (χ0) is 13.9. The molecule has 0 spiro atoms. The van der Waals surface area contributed by atoms with Crippen LogP contribution in [0.5, 0.6) is 0 Å². The van der Waals surface area contributed by atoms with Gasteiger partial charge in [0.25, 0.3) is 0 Å². The van der Waals surface area contributed by atoms with Crippen LogP contribution in [0.2, 0.25) is 0 Å². The number of nitrogens with two attached hydrogens (primary N) is 1. The second kappa shape index (κ2) is 5.88. The van der Waals surface area contributed by atoms with Crippen LogP contribution in [-0.2, 0) is 11.2 Å². The van der Waals surface area contributed by atoms with Crippen molar-refractivity contribution in [3.05, 3.63) is 11.1 Å². The van der Waals surface area contributed by atoms with E-state index in [4.69, 9.17) is 5.73 Å². The van der Waals surface area contributed by atoms with E-state index in [1.165, 1.54) is 11.3 Å². The molecule has 1 heterocycles. The molecule has 1 aromatic rings. The summed E-state index contributed by atoms with van der Waals surface area (Å²) in [4.78, 5) is 16.1. The molecule has 0 radical (unpaired) electrons. The lowest BCUT2D eigenvalue weighted by Gasteiger charge is -2.38. The molecule has 5 nitrogen and oxygen atoms in total. The van der Waals surface area contributed by atoms with Gasteiger partial charge < -0.3 is 16.2 Å². The number of carbonyl (C=O) groups is 1. The fourth-order valence-corrected chi connectivity index (χ4v) is 3.11. The van der Waals surface area contributed by atoms with Gasteiger partial charge in [-0.2, -0.15) is 0 Å². The summed E-state index contributed by atoms with van der Waals surface area (Å²) in [6.07, 6.45) is 4.01. The van der Waals surface area contributed by atoms with Gasteiger partial charge in [-0.25, -0.2) is 4.98 Å². The Kier molecular flexibility index (Phi) is 4.42. The van der Waals surface area contributed by atoms with Crippen molar-refractivity contribution in [2.45, 2.75) is 44.6 Å². The summed E-state index contributed by atoms with van der Waals surface area (Å²) < 4.78 is 0. The van der Waals surface area contributed by atoms with Gasteiger partial charge in [0.15, 0.2) is 5.13 Å². The number of aliphatic hydroxyl groups excluding tert-OH is 1. The highest BCUT2D eigenvalue weighted by Gasteiger charge is 2.34. The van der Waals surface area contributed by atoms with Crippen molar-refractivity contribution in [1.29, 1.82) is 0 Å². The Balaban J connectivity index is 1.93. The van der Waals surface area contributed by atoms with E-state index >= 15 is 0 Å². The summed E-state index contributed by atoms with van der Waals surface area (Å²) in [5, 5.41) is 14.9. The van der Waals surface area contributed by atoms with E-state index in [0.29, 0.717) is 16.7 Å². The van der Waals surface area contributed by atoms with E-state index in [1.54, 1.807) is 5.38 Å². The van der Waals surface area contributed by atoms with Crippen LogP contribution in [0.4, 0.5) is 5.13 Å². The van der Waals surface area contributed by atoms with Gasteiger partial charge in [0, 0.05) is 5.38 Å². The van der Waals surface area contributed by atoms with Gasteiger partial charge >= 0.3 is 0 Å². The van der Waals surface area contributed by atoms with Crippen molar-refractivity contribution in [3.8, 4) is 0 Å². The zero-order valence-electron chi connectivity index (χ0n) is 11.2. The third kappa shape index (κ3) is 3.67. The summed E-state index contributed by atoms with van der Waals surface area (Å²) >= 11 is 1.33. The normalized spacial score (nSPS) is 27.2. The Labute approximate surface area is 117 Å². The molecule has 0 atom stereocenters. The fraction of sp³-hybridized carbons (Fsp3) is 0.692. The molecule has 1 aliphatic carbocycles. The average molecular weight is 283 g/mol. The van der Waals surface area contributed by atoms with Crippen LogP contribution in [0, 0.1) is 5.92 Å². The molecule has 0 aliphatic heterocycles. The summed E-state index contributed by atoms with van der Waals surface area (Å²) in [6.45, 7) is 2.21. The van der Waals surface area contributed by atoms with Gasteiger partial charge in [0.2, 0.25) is 5.91 Å². The van der Waals surface area contributed by atoms with Gasteiger partial charge in [-0.3, -0.25) is 4.79 Å². The first kappa shape index (κ1) is 14.3. The number of thiazole rings is 1. The molecule has 19 heavy (non-hydrogen) atoms. The van der Waals surface area contributed by atoms with Crippen LogP contribution in [0.15, 0.2) is 5.38 Å². The number of aromatic nitrogens is 1. The molecular formula is C13H21N3O2S. The van der Waals surface area contributed by atoms with Crippen LogP contribution >= 0.6 is 11.3 Å². The molecule has 4 N–H and O–H groups in total. The lowest BCUT2D eigenvalue weighted by Crippen LogP contribution is -2.53. The van der Waals surface area contributed by atoms with Crippen molar-refractivity contribution in [3.63, 3.8) is 0 Å². The maximum Gasteiger partial charge on any atom is 0.226 e. The van der Waals surface area contributed by atoms with Crippen molar-refractivity contribution in [2.24, 2.45) is 5.92 Å². The van der Waals surface area contributed by atoms with E-state index in [2.05, 4.69) is 17.2 Å². The van der Waals surface area contributed by atoms with Gasteiger partial charge in [0.1, 0.15) is 0 Å². The Hall–Kier alpha value is -1.14. The Morgan fingerprint density at radius 3 is 2.84 bits per heavy atom.